The molecule has 1 saturated heterocycles. The van der Waals surface area contributed by atoms with Crippen molar-refractivity contribution in [3.05, 3.63) is 0 Å². The smallest absolute Gasteiger partial charge is 0.108 e. The summed E-state index contributed by atoms with van der Waals surface area (Å²) in [6.07, 6.45) is 2.72. The van der Waals surface area contributed by atoms with Gasteiger partial charge in [-0.15, -0.1) is 0 Å². The monoisotopic (exact) mass is 143 g/mol. The van der Waals surface area contributed by atoms with Gasteiger partial charge in [-0.3, -0.25) is 5.32 Å². The highest BCUT2D eigenvalue weighted by Gasteiger charge is 2.20. The highest BCUT2D eigenvalue weighted by atomic mass is 16.5. The Hall–Kier alpha value is -0.0800. The van der Waals surface area contributed by atoms with Crippen molar-refractivity contribution in [2.24, 2.45) is 0 Å². The molecule has 2 heteroatoms. The summed E-state index contributed by atoms with van der Waals surface area (Å²) in [6, 6.07) is 0. The summed E-state index contributed by atoms with van der Waals surface area (Å²) in [5.74, 6) is 0. The number of ether oxygens (including phenoxy) is 1. The maximum absolute atomic E-state index is 5.69. The summed E-state index contributed by atoms with van der Waals surface area (Å²) in [7, 11) is 0. The Kier molecular flexibility index (Phi) is 2.32. The lowest BCUT2D eigenvalue weighted by Gasteiger charge is -2.24. The highest BCUT2D eigenvalue weighted by molar-refractivity contribution is 4.70. The number of rotatable bonds is 1. The predicted octanol–water partition coefficient (Wildman–Crippen LogP) is 1.51. The van der Waals surface area contributed by atoms with Gasteiger partial charge in [0.05, 0.1) is 5.60 Å². The fourth-order valence-corrected chi connectivity index (χ4v) is 1.18. The molecule has 0 bridgehead atoms. The van der Waals surface area contributed by atoms with E-state index in [0.717, 1.165) is 13.0 Å². The maximum atomic E-state index is 5.69. The lowest BCUT2D eigenvalue weighted by atomic mass is 10.2. The topological polar surface area (TPSA) is 21.3 Å². The van der Waals surface area contributed by atoms with Gasteiger partial charge in [-0.2, -0.15) is 0 Å². The van der Waals surface area contributed by atoms with Gasteiger partial charge in [-0.05, 0) is 40.2 Å². The standard InChI is InChI=1S/C8H17NO/c1-8(2,3)10-7-5-4-6-9-7/h7,9H,4-6H2,1-3H3. The molecule has 1 N–H and O–H groups in total. The summed E-state index contributed by atoms with van der Waals surface area (Å²) in [6.45, 7) is 7.38. The van der Waals surface area contributed by atoms with Crippen LogP contribution in [0.25, 0.3) is 0 Å². The van der Waals surface area contributed by atoms with Crippen molar-refractivity contribution < 1.29 is 4.74 Å². The molecule has 2 nitrogen and oxygen atoms in total. The molecular weight excluding hydrogens is 126 g/mol. The van der Waals surface area contributed by atoms with Gasteiger partial charge in [0, 0.05) is 0 Å². The summed E-state index contributed by atoms with van der Waals surface area (Å²) in [5.41, 5.74) is 0.00199. The Morgan fingerprint density at radius 3 is 2.50 bits per heavy atom. The van der Waals surface area contributed by atoms with Crippen molar-refractivity contribution in [1.82, 2.24) is 5.32 Å². The van der Waals surface area contributed by atoms with Crippen molar-refractivity contribution in [2.75, 3.05) is 6.54 Å². The third kappa shape index (κ3) is 2.67. The van der Waals surface area contributed by atoms with Crippen molar-refractivity contribution in [3.63, 3.8) is 0 Å². The first-order valence-corrected chi connectivity index (χ1v) is 3.99. The van der Waals surface area contributed by atoms with Crippen LogP contribution >= 0.6 is 0 Å². The Bertz CT molecular complexity index is 100. The second-order valence-electron chi connectivity index (χ2n) is 3.82. The van der Waals surface area contributed by atoms with Crippen molar-refractivity contribution in [1.29, 1.82) is 0 Å². The highest BCUT2D eigenvalue weighted by Crippen LogP contribution is 2.15. The number of hydrogen-bond acceptors (Lipinski definition) is 2. The second kappa shape index (κ2) is 2.89. The molecule has 1 unspecified atom stereocenters. The van der Waals surface area contributed by atoms with E-state index in [1.54, 1.807) is 0 Å². The van der Waals surface area contributed by atoms with Gasteiger partial charge in [0.2, 0.25) is 0 Å². The summed E-state index contributed by atoms with van der Waals surface area (Å²) in [4.78, 5) is 0. The Balaban J connectivity index is 2.24. The molecule has 0 radical (unpaired) electrons. The molecular formula is C8H17NO. The summed E-state index contributed by atoms with van der Waals surface area (Å²) < 4.78 is 5.69. The third-order valence-electron chi connectivity index (χ3n) is 1.51. The van der Waals surface area contributed by atoms with E-state index in [1.807, 2.05) is 0 Å². The van der Waals surface area contributed by atoms with E-state index < -0.39 is 0 Å². The van der Waals surface area contributed by atoms with Gasteiger partial charge in [0.25, 0.3) is 0 Å². The van der Waals surface area contributed by atoms with Crippen LogP contribution in [0.2, 0.25) is 0 Å². The van der Waals surface area contributed by atoms with Crippen LogP contribution in [0.4, 0.5) is 0 Å². The minimum Gasteiger partial charge on any atom is -0.358 e. The molecule has 1 atom stereocenters. The third-order valence-corrected chi connectivity index (χ3v) is 1.51. The van der Waals surface area contributed by atoms with Gasteiger partial charge in [-0.25, -0.2) is 0 Å². The molecule has 60 valence electrons. The van der Waals surface area contributed by atoms with E-state index in [2.05, 4.69) is 26.1 Å². The predicted molar refractivity (Wildman–Crippen MR) is 41.9 cm³/mol. The normalized spacial score (nSPS) is 27.3. The first-order chi connectivity index (χ1) is 4.58. The molecule has 10 heavy (non-hydrogen) atoms. The number of nitrogens with one attached hydrogen (secondary N) is 1. The lowest BCUT2D eigenvalue weighted by Crippen LogP contribution is -2.33. The van der Waals surface area contributed by atoms with E-state index in [9.17, 15) is 0 Å². The molecule has 1 aliphatic heterocycles. The van der Waals surface area contributed by atoms with Crippen LogP contribution in [-0.4, -0.2) is 18.4 Å². The van der Waals surface area contributed by atoms with E-state index in [1.165, 1.54) is 6.42 Å². The molecule has 1 fully saturated rings. The second-order valence-corrected chi connectivity index (χ2v) is 3.82. The van der Waals surface area contributed by atoms with Crippen LogP contribution in [-0.2, 0) is 4.74 Å². The van der Waals surface area contributed by atoms with Crippen LogP contribution in [0.1, 0.15) is 33.6 Å². The molecule has 0 aromatic heterocycles. The average molecular weight is 143 g/mol. The Morgan fingerprint density at radius 2 is 2.10 bits per heavy atom. The van der Waals surface area contributed by atoms with E-state index >= 15 is 0 Å². The molecule has 1 rings (SSSR count). The molecule has 0 amide bonds. The minimum absolute atomic E-state index is 0.00199. The van der Waals surface area contributed by atoms with Crippen molar-refractivity contribution in [3.8, 4) is 0 Å². The minimum atomic E-state index is 0.00199. The van der Waals surface area contributed by atoms with E-state index in [-0.39, 0.29) is 5.60 Å². The SMILES string of the molecule is CC(C)(C)OC1CCCN1. The molecule has 1 heterocycles. The largest absolute Gasteiger partial charge is 0.358 e. The fourth-order valence-electron chi connectivity index (χ4n) is 1.18. The van der Waals surface area contributed by atoms with Crippen molar-refractivity contribution >= 4 is 0 Å². The molecule has 0 aromatic carbocycles. The van der Waals surface area contributed by atoms with Crippen LogP contribution in [0.5, 0.6) is 0 Å². The van der Waals surface area contributed by atoms with Gasteiger partial charge < -0.3 is 4.74 Å². The van der Waals surface area contributed by atoms with Crippen LogP contribution in [0.3, 0.4) is 0 Å². The zero-order valence-corrected chi connectivity index (χ0v) is 7.11. The first kappa shape index (κ1) is 8.02. The van der Waals surface area contributed by atoms with E-state index in [0.29, 0.717) is 6.23 Å². The Morgan fingerprint density at radius 1 is 1.40 bits per heavy atom. The quantitative estimate of drug-likeness (QED) is 0.600. The molecule has 0 saturated carbocycles. The zero-order chi connectivity index (χ0) is 7.61. The van der Waals surface area contributed by atoms with E-state index in [4.69, 9.17) is 4.74 Å². The first-order valence-electron chi connectivity index (χ1n) is 3.99. The van der Waals surface area contributed by atoms with Gasteiger partial charge >= 0.3 is 0 Å². The summed E-state index contributed by atoms with van der Waals surface area (Å²) >= 11 is 0. The molecule has 0 aromatic rings. The summed E-state index contributed by atoms with van der Waals surface area (Å²) in [5, 5.41) is 3.29. The van der Waals surface area contributed by atoms with Crippen LogP contribution in [0, 0.1) is 0 Å². The zero-order valence-electron chi connectivity index (χ0n) is 7.11. The van der Waals surface area contributed by atoms with Crippen LogP contribution < -0.4 is 5.32 Å². The fraction of sp³-hybridized carbons (Fsp3) is 1.00. The molecule has 0 spiro atoms. The van der Waals surface area contributed by atoms with Gasteiger partial charge in [0.1, 0.15) is 6.23 Å². The maximum Gasteiger partial charge on any atom is 0.108 e. The van der Waals surface area contributed by atoms with Gasteiger partial charge in [-0.1, -0.05) is 0 Å². The molecule has 0 aliphatic carbocycles. The van der Waals surface area contributed by atoms with Gasteiger partial charge in [0.15, 0.2) is 0 Å². The average Bonchev–Trinajstić information content (AvgIpc) is 2.12. The lowest BCUT2D eigenvalue weighted by molar-refractivity contribution is -0.0657. The number of hydrogen-bond donors (Lipinski definition) is 1. The molecule has 1 aliphatic rings. The van der Waals surface area contributed by atoms with Crippen LogP contribution in [0.15, 0.2) is 0 Å². The Labute approximate surface area is 63.0 Å². The van der Waals surface area contributed by atoms with Crippen molar-refractivity contribution in [2.45, 2.75) is 45.4 Å².